The maximum absolute atomic E-state index is 14.1. The highest BCUT2D eigenvalue weighted by Gasteiger charge is 2.50. The van der Waals surface area contributed by atoms with E-state index in [1.54, 1.807) is 43.9 Å². The summed E-state index contributed by atoms with van der Waals surface area (Å²) in [5.41, 5.74) is 1.59. The number of hydrogen-bond donors (Lipinski definition) is 0. The summed E-state index contributed by atoms with van der Waals surface area (Å²) in [5, 5.41) is 2.11. The highest BCUT2D eigenvalue weighted by Crippen LogP contribution is 2.49. The largest absolute Gasteiger partial charge is 0.493 e. The van der Waals surface area contributed by atoms with Crippen LogP contribution in [0.15, 0.2) is 70.6 Å². The Morgan fingerprint density at radius 1 is 1.00 bits per heavy atom. The van der Waals surface area contributed by atoms with Crippen LogP contribution in [0, 0.1) is 5.92 Å². The summed E-state index contributed by atoms with van der Waals surface area (Å²) < 4.78 is 21.6. The van der Waals surface area contributed by atoms with Crippen LogP contribution in [0.25, 0.3) is 16.8 Å². The van der Waals surface area contributed by atoms with E-state index < -0.39 is 29.4 Å². The molecule has 0 aliphatic carbocycles. The van der Waals surface area contributed by atoms with Gasteiger partial charge in [-0.15, -0.1) is 0 Å². The van der Waals surface area contributed by atoms with Gasteiger partial charge in [-0.2, -0.15) is 0 Å². The zero-order valence-corrected chi connectivity index (χ0v) is 24.7. The molecule has 2 aliphatic rings. The predicted molar refractivity (Wildman–Crippen MR) is 161 cm³/mol. The van der Waals surface area contributed by atoms with Crippen LogP contribution in [0.2, 0.25) is 0 Å². The molecule has 0 aromatic heterocycles. The third-order valence-corrected chi connectivity index (χ3v) is 8.22. The van der Waals surface area contributed by atoms with Crippen molar-refractivity contribution in [3.05, 3.63) is 76.7 Å². The second-order valence-electron chi connectivity index (χ2n) is 9.68. The van der Waals surface area contributed by atoms with Gasteiger partial charge in [0, 0.05) is 5.71 Å². The average molecular weight is 589 g/mol. The molecule has 218 valence electrons. The van der Waals surface area contributed by atoms with Crippen molar-refractivity contribution < 1.29 is 33.3 Å². The number of carbonyl (C=O) groups is 3. The molecule has 0 bridgehead atoms. The van der Waals surface area contributed by atoms with Crippen LogP contribution in [-0.2, 0) is 23.9 Å². The number of hydrogen-bond acceptors (Lipinski definition) is 9. The molecule has 0 spiro atoms. The molecule has 3 atom stereocenters. The Balaban J connectivity index is 1.54. The Morgan fingerprint density at radius 2 is 1.76 bits per heavy atom. The quantitative estimate of drug-likeness (QED) is 0.242. The number of nitrogens with zero attached hydrogens (tertiary/aromatic N) is 2. The number of ether oxygens (including phenoxy) is 4. The summed E-state index contributed by atoms with van der Waals surface area (Å²) in [6.45, 7) is 5.41. The second kappa shape index (κ2) is 12.7. The molecule has 10 heteroatoms. The summed E-state index contributed by atoms with van der Waals surface area (Å²) >= 11 is 1.35. The van der Waals surface area contributed by atoms with Crippen LogP contribution >= 0.6 is 11.8 Å². The fraction of sp³-hybridized carbons (Fsp3) is 0.312. The summed E-state index contributed by atoms with van der Waals surface area (Å²) in [6, 6.07) is 18.4. The minimum atomic E-state index is -0.821. The van der Waals surface area contributed by atoms with E-state index in [-0.39, 0.29) is 25.7 Å². The smallest absolute Gasteiger partial charge is 0.344 e. The van der Waals surface area contributed by atoms with Crippen molar-refractivity contribution in [2.45, 2.75) is 32.3 Å². The first-order valence-electron chi connectivity index (χ1n) is 13.7. The number of benzene rings is 3. The lowest BCUT2D eigenvalue weighted by atomic mass is 9.86. The van der Waals surface area contributed by atoms with Gasteiger partial charge in [-0.25, -0.2) is 4.79 Å². The number of amides is 1. The third kappa shape index (κ3) is 5.72. The van der Waals surface area contributed by atoms with Crippen molar-refractivity contribution in [2.75, 3.05) is 26.9 Å². The molecule has 0 radical (unpaired) electrons. The summed E-state index contributed by atoms with van der Waals surface area (Å²) in [5.74, 6) is -1.33. The van der Waals surface area contributed by atoms with Gasteiger partial charge in [-0.05, 0) is 60.9 Å². The molecular formula is C32H32N2O7S. The molecule has 3 aromatic carbocycles. The van der Waals surface area contributed by atoms with Gasteiger partial charge >= 0.3 is 11.9 Å². The minimum absolute atomic E-state index is 0.192. The number of methoxy groups -OCH3 is 1. The summed E-state index contributed by atoms with van der Waals surface area (Å²) in [4.78, 5) is 46.1. The van der Waals surface area contributed by atoms with E-state index in [1.807, 2.05) is 48.5 Å². The lowest BCUT2D eigenvalue weighted by Crippen LogP contribution is -2.48. The molecule has 5 rings (SSSR count). The normalized spacial score (nSPS) is 20.7. The molecular weight excluding hydrogens is 556 g/mol. The standard InChI is InChI=1S/C32H32N2O7S/c1-5-39-27(35)18-41-24-15-14-22(16-25(24)38-4)29-28(31(37)40-6-2)19(3)33-32-34(29)30(36)26(42-32)17-21-12-9-11-20-10-7-8-13-23(20)21/h7-17,28-29,32H,5-6,18H2,1-4H3/b26-17+/t28-,29+,32-/m0/s1. The van der Waals surface area contributed by atoms with Crippen LogP contribution in [0.1, 0.15) is 37.9 Å². The number of thioether (sulfide) groups is 1. The zero-order valence-electron chi connectivity index (χ0n) is 23.9. The molecule has 0 saturated carbocycles. The van der Waals surface area contributed by atoms with Crippen LogP contribution in [0.5, 0.6) is 11.5 Å². The zero-order chi connectivity index (χ0) is 29.8. The first kappa shape index (κ1) is 29.2. The van der Waals surface area contributed by atoms with E-state index in [0.29, 0.717) is 27.7 Å². The second-order valence-corrected chi connectivity index (χ2v) is 10.8. The molecule has 1 saturated heterocycles. The Bertz CT molecular complexity index is 1580. The minimum Gasteiger partial charge on any atom is -0.493 e. The molecule has 1 fully saturated rings. The summed E-state index contributed by atoms with van der Waals surface area (Å²) in [6.07, 6.45) is 1.89. The lowest BCUT2D eigenvalue weighted by Gasteiger charge is -2.39. The number of fused-ring (bicyclic) bond motifs is 2. The molecule has 0 unspecified atom stereocenters. The van der Waals surface area contributed by atoms with Crippen LogP contribution < -0.4 is 9.47 Å². The first-order chi connectivity index (χ1) is 20.4. The first-order valence-corrected chi connectivity index (χ1v) is 14.6. The highest BCUT2D eigenvalue weighted by atomic mass is 32.2. The third-order valence-electron chi connectivity index (χ3n) is 7.13. The van der Waals surface area contributed by atoms with Gasteiger partial charge in [0.25, 0.3) is 5.91 Å². The van der Waals surface area contributed by atoms with Crippen LogP contribution in [0.4, 0.5) is 0 Å². The van der Waals surface area contributed by atoms with Gasteiger partial charge in [-0.3, -0.25) is 19.5 Å². The Hall–Kier alpha value is -4.31. The molecule has 2 aliphatic heterocycles. The molecule has 42 heavy (non-hydrogen) atoms. The number of aliphatic imine (C=N–C) groups is 1. The molecule has 1 amide bonds. The van der Waals surface area contributed by atoms with Crippen molar-refractivity contribution in [1.29, 1.82) is 0 Å². The Kier molecular flexibility index (Phi) is 8.82. The van der Waals surface area contributed by atoms with E-state index in [4.69, 9.17) is 23.9 Å². The fourth-order valence-electron chi connectivity index (χ4n) is 5.27. The van der Waals surface area contributed by atoms with Crippen LogP contribution in [0.3, 0.4) is 0 Å². The SMILES string of the molecule is CCOC(=O)COc1ccc([C@@H]2[C@@H](C(=O)OCC)C(C)=N[C@@H]3S/C(=C/c4cccc5ccccc45)C(=O)N32)cc1OC. The van der Waals surface area contributed by atoms with Gasteiger partial charge < -0.3 is 18.9 Å². The number of esters is 2. The van der Waals surface area contributed by atoms with Gasteiger partial charge in [0.2, 0.25) is 0 Å². The molecule has 9 nitrogen and oxygen atoms in total. The van der Waals surface area contributed by atoms with Gasteiger partial charge in [0.05, 0.1) is 31.3 Å². The predicted octanol–water partition coefficient (Wildman–Crippen LogP) is 5.39. The molecule has 3 aromatic rings. The highest BCUT2D eigenvalue weighted by molar-refractivity contribution is 8.05. The fourth-order valence-corrected chi connectivity index (χ4v) is 6.46. The maximum Gasteiger partial charge on any atom is 0.344 e. The van der Waals surface area contributed by atoms with Crippen LogP contribution in [-0.4, -0.2) is 60.9 Å². The van der Waals surface area contributed by atoms with Crippen molar-refractivity contribution in [1.82, 2.24) is 4.90 Å². The van der Waals surface area contributed by atoms with E-state index in [9.17, 15) is 14.4 Å². The van der Waals surface area contributed by atoms with Crippen molar-refractivity contribution in [3.8, 4) is 11.5 Å². The number of rotatable bonds is 9. The molecule has 2 heterocycles. The van der Waals surface area contributed by atoms with E-state index in [0.717, 1.165) is 16.3 Å². The van der Waals surface area contributed by atoms with Crippen molar-refractivity contribution >= 4 is 52.2 Å². The van der Waals surface area contributed by atoms with E-state index in [1.165, 1.54) is 18.9 Å². The molecule has 0 N–H and O–H groups in total. The van der Waals surface area contributed by atoms with E-state index in [2.05, 4.69) is 0 Å². The van der Waals surface area contributed by atoms with Gasteiger partial charge in [0.1, 0.15) is 5.92 Å². The van der Waals surface area contributed by atoms with Gasteiger partial charge in [0.15, 0.2) is 23.6 Å². The number of carbonyl (C=O) groups excluding carboxylic acids is 3. The summed E-state index contributed by atoms with van der Waals surface area (Å²) in [7, 11) is 1.48. The maximum atomic E-state index is 14.1. The van der Waals surface area contributed by atoms with Crippen molar-refractivity contribution in [2.24, 2.45) is 10.9 Å². The Morgan fingerprint density at radius 3 is 2.52 bits per heavy atom. The monoisotopic (exact) mass is 588 g/mol. The lowest BCUT2D eigenvalue weighted by molar-refractivity contribution is -0.149. The Labute approximate surface area is 248 Å². The van der Waals surface area contributed by atoms with Crippen molar-refractivity contribution in [3.63, 3.8) is 0 Å². The van der Waals surface area contributed by atoms with Gasteiger partial charge in [-0.1, -0.05) is 60.3 Å². The average Bonchev–Trinajstić information content (AvgIpc) is 3.29. The van der Waals surface area contributed by atoms with E-state index >= 15 is 0 Å². The topological polar surface area (TPSA) is 104 Å².